The molecule has 3 heterocycles. The highest BCUT2D eigenvalue weighted by atomic mass is 32.2. The normalized spacial score (nSPS) is 11.9. The van der Waals surface area contributed by atoms with Gasteiger partial charge in [0.25, 0.3) is 10.0 Å². The second-order valence-corrected chi connectivity index (χ2v) is 6.38. The molecule has 20 heavy (non-hydrogen) atoms. The molecule has 106 valence electrons. The monoisotopic (exact) mass is 313 g/mol. The van der Waals surface area contributed by atoms with E-state index in [0.717, 1.165) is 0 Å². The Bertz CT molecular complexity index is 860. The topological polar surface area (TPSA) is 119 Å². The standard InChI is InChI=1S/C9H11N7O2S2/c1-15-6(2-3-11-15)14-20(17,18)8-7(13-10)12-9-16(8)4-5-19-9/h2-5,13-14H,10H2,1H3. The molecular weight excluding hydrogens is 302 g/mol. The summed E-state index contributed by atoms with van der Waals surface area (Å²) in [6.45, 7) is 0. The van der Waals surface area contributed by atoms with Gasteiger partial charge in [-0.25, -0.2) is 5.84 Å². The van der Waals surface area contributed by atoms with Gasteiger partial charge in [0, 0.05) is 24.7 Å². The van der Waals surface area contributed by atoms with Crippen LogP contribution in [0.4, 0.5) is 11.6 Å². The molecule has 0 spiro atoms. The minimum Gasteiger partial charge on any atom is -0.306 e. The number of aryl methyl sites for hydroxylation is 1. The zero-order chi connectivity index (χ0) is 14.3. The Balaban J connectivity index is 2.13. The van der Waals surface area contributed by atoms with Crippen molar-refractivity contribution < 1.29 is 8.42 Å². The van der Waals surface area contributed by atoms with Gasteiger partial charge in [-0.2, -0.15) is 18.5 Å². The second-order valence-electron chi connectivity index (χ2n) is 3.91. The summed E-state index contributed by atoms with van der Waals surface area (Å²) in [5, 5.41) is 5.60. The Morgan fingerprint density at radius 1 is 1.45 bits per heavy atom. The highest BCUT2D eigenvalue weighted by Gasteiger charge is 2.26. The zero-order valence-electron chi connectivity index (χ0n) is 10.3. The number of hydrazine groups is 1. The van der Waals surface area contributed by atoms with E-state index in [-0.39, 0.29) is 10.8 Å². The number of imidazole rings is 1. The molecule has 0 bridgehead atoms. The first kappa shape index (κ1) is 12.9. The molecule has 0 saturated carbocycles. The van der Waals surface area contributed by atoms with Crippen molar-refractivity contribution >= 4 is 38.0 Å². The molecule has 0 aromatic carbocycles. The third kappa shape index (κ3) is 1.92. The van der Waals surface area contributed by atoms with E-state index in [1.807, 2.05) is 0 Å². The van der Waals surface area contributed by atoms with Crippen LogP contribution in [0.2, 0.25) is 0 Å². The summed E-state index contributed by atoms with van der Waals surface area (Å²) < 4.78 is 30.3. The number of aromatic nitrogens is 4. The first-order chi connectivity index (χ1) is 9.53. The van der Waals surface area contributed by atoms with Crippen molar-refractivity contribution in [1.29, 1.82) is 0 Å². The average molecular weight is 313 g/mol. The fourth-order valence-electron chi connectivity index (χ4n) is 1.78. The van der Waals surface area contributed by atoms with E-state index in [1.54, 1.807) is 24.7 Å². The summed E-state index contributed by atoms with van der Waals surface area (Å²) in [5.41, 5.74) is 2.30. The van der Waals surface area contributed by atoms with Crippen LogP contribution in [0.15, 0.2) is 28.9 Å². The van der Waals surface area contributed by atoms with Gasteiger partial charge in [0.1, 0.15) is 5.82 Å². The average Bonchev–Trinajstić information content (AvgIpc) is 3.04. The maximum Gasteiger partial charge on any atom is 0.282 e. The number of sulfonamides is 1. The summed E-state index contributed by atoms with van der Waals surface area (Å²) in [6.07, 6.45) is 3.11. The molecule has 0 amide bonds. The minimum atomic E-state index is -3.85. The highest BCUT2D eigenvalue weighted by Crippen LogP contribution is 2.26. The Hall–Kier alpha value is -2.11. The van der Waals surface area contributed by atoms with E-state index in [0.29, 0.717) is 10.8 Å². The molecule has 0 atom stereocenters. The van der Waals surface area contributed by atoms with Crippen molar-refractivity contribution in [2.24, 2.45) is 12.9 Å². The van der Waals surface area contributed by atoms with Crippen LogP contribution in [-0.4, -0.2) is 27.6 Å². The predicted molar refractivity (Wildman–Crippen MR) is 74.9 cm³/mol. The molecule has 0 fully saturated rings. The number of hydrogen-bond donors (Lipinski definition) is 3. The molecule has 0 aliphatic heterocycles. The van der Waals surface area contributed by atoms with Crippen LogP contribution in [-0.2, 0) is 17.1 Å². The van der Waals surface area contributed by atoms with Gasteiger partial charge in [0.05, 0.1) is 6.20 Å². The van der Waals surface area contributed by atoms with Crippen LogP contribution < -0.4 is 16.0 Å². The summed E-state index contributed by atoms with van der Waals surface area (Å²) in [5.74, 6) is 5.78. The lowest BCUT2D eigenvalue weighted by atomic mass is 10.7. The highest BCUT2D eigenvalue weighted by molar-refractivity contribution is 7.92. The summed E-state index contributed by atoms with van der Waals surface area (Å²) in [4.78, 5) is 4.64. The fraction of sp³-hybridized carbons (Fsp3) is 0.111. The molecule has 0 aliphatic rings. The van der Waals surface area contributed by atoms with Crippen molar-refractivity contribution in [3.05, 3.63) is 23.8 Å². The number of nitrogens with two attached hydrogens (primary N) is 1. The number of nitrogen functional groups attached to an aromatic ring is 1. The van der Waals surface area contributed by atoms with E-state index in [4.69, 9.17) is 5.84 Å². The second kappa shape index (κ2) is 4.47. The third-order valence-electron chi connectivity index (χ3n) is 2.67. The third-order valence-corrected chi connectivity index (χ3v) is 4.80. The molecule has 9 nitrogen and oxygen atoms in total. The quantitative estimate of drug-likeness (QED) is 0.468. The largest absolute Gasteiger partial charge is 0.306 e. The van der Waals surface area contributed by atoms with Crippen LogP contribution in [0.1, 0.15) is 0 Å². The molecule has 11 heteroatoms. The molecule has 3 aromatic rings. The first-order valence-corrected chi connectivity index (χ1v) is 7.82. The Kier molecular flexibility index (Phi) is 2.88. The summed E-state index contributed by atoms with van der Waals surface area (Å²) in [7, 11) is -2.21. The predicted octanol–water partition coefficient (Wildman–Crippen LogP) is 0.216. The fourth-order valence-corrected chi connectivity index (χ4v) is 3.89. The lowest BCUT2D eigenvalue weighted by Gasteiger charge is -2.08. The van der Waals surface area contributed by atoms with Crippen molar-refractivity contribution in [3.63, 3.8) is 0 Å². The molecule has 4 N–H and O–H groups in total. The number of nitrogens with one attached hydrogen (secondary N) is 2. The lowest BCUT2D eigenvalue weighted by Crippen LogP contribution is -2.20. The van der Waals surface area contributed by atoms with Crippen LogP contribution in [0.3, 0.4) is 0 Å². The van der Waals surface area contributed by atoms with Gasteiger partial charge in [0.15, 0.2) is 10.8 Å². The maximum atomic E-state index is 12.5. The molecule has 0 unspecified atom stereocenters. The van der Waals surface area contributed by atoms with Crippen LogP contribution in [0, 0.1) is 0 Å². The molecule has 0 radical (unpaired) electrons. The Morgan fingerprint density at radius 3 is 2.90 bits per heavy atom. The number of anilines is 2. The SMILES string of the molecule is Cn1nccc1NS(=O)(=O)c1c(NN)nc2sccn12. The van der Waals surface area contributed by atoms with Gasteiger partial charge < -0.3 is 5.43 Å². The van der Waals surface area contributed by atoms with Gasteiger partial charge in [0.2, 0.25) is 5.03 Å². The van der Waals surface area contributed by atoms with Gasteiger partial charge in [-0.3, -0.25) is 13.8 Å². The summed E-state index contributed by atoms with van der Waals surface area (Å²) in [6, 6.07) is 1.55. The lowest BCUT2D eigenvalue weighted by molar-refractivity contribution is 0.596. The van der Waals surface area contributed by atoms with Crippen LogP contribution in [0.25, 0.3) is 4.96 Å². The van der Waals surface area contributed by atoms with Crippen molar-refractivity contribution in [1.82, 2.24) is 19.2 Å². The van der Waals surface area contributed by atoms with Crippen molar-refractivity contribution in [2.45, 2.75) is 5.03 Å². The van der Waals surface area contributed by atoms with Gasteiger partial charge in [-0.05, 0) is 0 Å². The van der Waals surface area contributed by atoms with E-state index in [9.17, 15) is 8.42 Å². The number of nitrogens with zero attached hydrogens (tertiary/aromatic N) is 4. The zero-order valence-corrected chi connectivity index (χ0v) is 11.9. The van der Waals surface area contributed by atoms with Crippen LogP contribution >= 0.6 is 11.3 Å². The maximum absolute atomic E-state index is 12.5. The number of fused-ring (bicyclic) bond motifs is 1. The van der Waals surface area contributed by atoms with Crippen molar-refractivity contribution in [3.8, 4) is 0 Å². The smallest absolute Gasteiger partial charge is 0.282 e. The van der Waals surface area contributed by atoms with Crippen LogP contribution in [0.5, 0.6) is 0 Å². The number of rotatable bonds is 4. The molecule has 0 saturated heterocycles. The number of hydrogen-bond acceptors (Lipinski definition) is 7. The molecular formula is C9H11N7O2S2. The molecule has 3 aromatic heterocycles. The van der Waals surface area contributed by atoms with Gasteiger partial charge in [-0.1, -0.05) is 0 Å². The minimum absolute atomic E-state index is 0.0440. The van der Waals surface area contributed by atoms with Gasteiger partial charge >= 0.3 is 0 Å². The van der Waals surface area contributed by atoms with E-state index < -0.39 is 10.0 Å². The molecule has 0 aliphatic carbocycles. The van der Waals surface area contributed by atoms with E-state index >= 15 is 0 Å². The van der Waals surface area contributed by atoms with Gasteiger partial charge in [-0.15, -0.1) is 11.3 Å². The Morgan fingerprint density at radius 2 is 2.25 bits per heavy atom. The first-order valence-electron chi connectivity index (χ1n) is 5.46. The summed E-state index contributed by atoms with van der Waals surface area (Å²) >= 11 is 1.31. The number of thiazole rings is 1. The molecule has 3 rings (SSSR count). The van der Waals surface area contributed by atoms with Crippen molar-refractivity contribution in [2.75, 3.05) is 10.1 Å². The van der Waals surface area contributed by atoms with E-state index in [1.165, 1.54) is 26.6 Å². The van der Waals surface area contributed by atoms with E-state index in [2.05, 4.69) is 20.2 Å². The Labute approximate surface area is 118 Å².